The van der Waals surface area contributed by atoms with Crippen LogP contribution in [0.1, 0.15) is 58.6 Å². The van der Waals surface area contributed by atoms with Crippen molar-refractivity contribution in [2.24, 2.45) is 11.3 Å². The van der Waals surface area contributed by atoms with Crippen LogP contribution in [-0.4, -0.2) is 13.2 Å². The zero-order chi connectivity index (χ0) is 14.8. The molecule has 0 saturated heterocycles. The third kappa shape index (κ3) is 3.99. The van der Waals surface area contributed by atoms with Crippen molar-refractivity contribution in [3.63, 3.8) is 0 Å². The molecule has 0 spiro atoms. The largest absolute Gasteiger partial charge is 0.497 e. The molecule has 1 aliphatic rings. The molecule has 0 aliphatic heterocycles. The van der Waals surface area contributed by atoms with E-state index in [0.717, 1.165) is 11.7 Å². The van der Waals surface area contributed by atoms with Gasteiger partial charge in [-0.25, -0.2) is 0 Å². The van der Waals surface area contributed by atoms with Gasteiger partial charge in [-0.2, -0.15) is 0 Å². The molecule has 112 valence electrons. The molecule has 1 saturated carbocycles. The van der Waals surface area contributed by atoms with Crippen molar-refractivity contribution >= 4 is 0 Å². The molecule has 2 nitrogen and oxygen atoms in total. The summed E-state index contributed by atoms with van der Waals surface area (Å²) in [4.78, 5) is 0. The molecule has 0 heterocycles. The quantitative estimate of drug-likeness (QED) is 0.869. The summed E-state index contributed by atoms with van der Waals surface area (Å²) >= 11 is 0. The topological polar surface area (TPSA) is 21.3 Å². The molecular formula is C18H29NO. The Labute approximate surface area is 123 Å². The Morgan fingerprint density at radius 2 is 1.85 bits per heavy atom. The number of methoxy groups -OCH3 is 1. The molecule has 20 heavy (non-hydrogen) atoms. The van der Waals surface area contributed by atoms with Crippen LogP contribution in [0.15, 0.2) is 24.3 Å². The number of ether oxygens (including phenoxy) is 1. The molecule has 0 radical (unpaired) electrons. The molecule has 0 aromatic heterocycles. The summed E-state index contributed by atoms with van der Waals surface area (Å²) in [5.74, 6) is 1.74. The van der Waals surface area contributed by atoms with E-state index >= 15 is 0 Å². The average molecular weight is 275 g/mol. The summed E-state index contributed by atoms with van der Waals surface area (Å²) in [6, 6.07) is 9.43. The SMILES string of the molecule is COc1ccc(C(C)NC2CC(C)CC(C)(C)C2)cc1. The van der Waals surface area contributed by atoms with Gasteiger partial charge < -0.3 is 10.1 Å². The first kappa shape index (κ1) is 15.4. The molecule has 2 heteroatoms. The Morgan fingerprint density at radius 3 is 2.40 bits per heavy atom. The molecule has 1 aromatic rings. The van der Waals surface area contributed by atoms with Crippen LogP contribution >= 0.6 is 0 Å². The third-order valence-electron chi connectivity index (χ3n) is 4.49. The van der Waals surface area contributed by atoms with Gasteiger partial charge in [0.05, 0.1) is 7.11 Å². The molecule has 3 unspecified atom stereocenters. The predicted molar refractivity (Wildman–Crippen MR) is 85.1 cm³/mol. The summed E-state index contributed by atoms with van der Waals surface area (Å²) < 4.78 is 5.22. The number of hydrogen-bond donors (Lipinski definition) is 1. The van der Waals surface area contributed by atoms with Gasteiger partial charge in [-0.1, -0.05) is 32.9 Å². The first-order chi connectivity index (χ1) is 9.39. The maximum absolute atomic E-state index is 5.22. The number of hydrogen-bond acceptors (Lipinski definition) is 2. The molecule has 0 amide bonds. The highest BCUT2D eigenvalue weighted by molar-refractivity contribution is 5.28. The minimum Gasteiger partial charge on any atom is -0.497 e. The molecule has 3 atom stereocenters. The van der Waals surface area contributed by atoms with Crippen LogP contribution < -0.4 is 10.1 Å². The van der Waals surface area contributed by atoms with Gasteiger partial charge in [0, 0.05) is 12.1 Å². The van der Waals surface area contributed by atoms with E-state index in [0.29, 0.717) is 17.5 Å². The van der Waals surface area contributed by atoms with Gasteiger partial charge in [0.25, 0.3) is 0 Å². The third-order valence-corrected chi connectivity index (χ3v) is 4.49. The minimum absolute atomic E-state index is 0.395. The van der Waals surface area contributed by atoms with E-state index in [-0.39, 0.29) is 0 Å². The molecule has 1 aliphatic carbocycles. The fraction of sp³-hybridized carbons (Fsp3) is 0.667. The second-order valence-electron chi connectivity index (χ2n) is 7.27. The van der Waals surface area contributed by atoms with E-state index < -0.39 is 0 Å². The van der Waals surface area contributed by atoms with Gasteiger partial charge in [-0.05, 0) is 55.2 Å². The van der Waals surface area contributed by atoms with E-state index in [1.165, 1.54) is 24.8 Å². The maximum Gasteiger partial charge on any atom is 0.118 e. The highest BCUT2D eigenvalue weighted by Crippen LogP contribution is 2.39. The molecule has 1 aromatic carbocycles. The van der Waals surface area contributed by atoms with Gasteiger partial charge in [0.1, 0.15) is 5.75 Å². The zero-order valence-electron chi connectivity index (χ0n) is 13.6. The average Bonchev–Trinajstić information content (AvgIpc) is 2.36. The Morgan fingerprint density at radius 1 is 1.20 bits per heavy atom. The fourth-order valence-corrected chi connectivity index (χ4v) is 3.82. The Kier molecular flexibility index (Phi) is 4.74. The smallest absolute Gasteiger partial charge is 0.118 e. The predicted octanol–water partition coefficient (Wildman–Crippen LogP) is 4.56. The van der Waals surface area contributed by atoms with Crippen LogP contribution in [-0.2, 0) is 0 Å². The summed E-state index contributed by atoms with van der Waals surface area (Å²) in [7, 11) is 1.71. The van der Waals surface area contributed by atoms with Crippen molar-refractivity contribution in [2.75, 3.05) is 7.11 Å². The van der Waals surface area contributed by atoms with E-state index in [2.05, 4.69) is 45.1 Å². The fourth-order valence-electron chi connectivity index (χ4n) is 3.82. The van der Waals surface area contributed by atoms with Crippen LogP contribution in [0.3, 0.4) is 0 Å². The lowest BCUT2D eigenvalue weighted by molar-refractivity contribution is 0.145. The van der Waals surface area contributed by atoms with Crippen molar-refractivity contribution in [1.29, 1.82) is 0 Å². The van der Waals surface area contributed by atoms with E-state index in [1.807, 2.05) is 12.1 Å². The molecule has 2 rings (SSSR count). The van der Waals surface area contributed by atoms with Crippen LogP contribution in [0, 0.1) is 11.3 Å². The maximum atomic E-state index is 5.22. The molecule has 1 fully saturated rings. The van der Waals surface area contributed by atoms with Crippen LogP contribution in [0.5, 0.6) is 5.75 Å². The summed E-state index contributed by atoms with van der Waals surface area (Å²) in [6.07, 6.45) is 3.92. The summed E-state index contributed by atoms with van der Waals surface area (Å²) in [6.45, 7) is 9.44. The van der Waals surface area contributed by atoms with Crippen molar-refractivity contribution < 1.29 is 4.74 Å². The molecule has 1 N–H and O–H groups in total. The highest BCUT2D eigenvalue weighted by atomic mass is 16.5. The van der Waals surface area contributed by atoms with Crippen LogP contribution in [0.2, 0.25) is 0 Å². The van der Waals surface area contributed by atoms with Gasteiger partial charge in [0.2, 0.25) is 0 Å². The first-order valence-electron chi connectivity index (χ1n) is 7.79. The Bertz CT molecular complexity index is 424. The minimum atomic E-state index is 0.395. The van der Waals surface area contributed by atoms with Crippen molar-refractivity contribution in [3.05, 3.63) is 29.8 Å². The van der Waals surface area contributed by atoms with Gasteiger partial charge in [-0.3, -0.25) is 0 Å². The lowest BCUT2D eigenvalue weighted by Crippen LogP contribution is -2.41. The van der Waals surface area contributed by atoms with Gasteiger partial charge in [-0.15, -0.1) is 0 Å². The molecular weight excluding hydrogens is 246 g/mol. The molecule has 0 bridgehead atoms. The Balaban J connectivity index is 1.97. The number of benzene rings is 1. The monoisotopic (exact) mass is 275 g/mol. The Hall–Kier alpha value is -1.02. The second kappa shape index (κ2) is 6.17. The first-order valence-corrected chi connectivity index (χ1v) is 7.79. The lowest BCUT2D eigenvalue weighted by Gasteiger charge is -2.40. The number of nitrogens with one attached hydrogen (secondary N) is 1. The van der Waals surface area contributed by atoms with Gasteiger partial charge in [0.15, 0.2) is 0 Å². The number of rotatable bonds is 4. The standard InChI is InChI=1S/C18H29NO/c1-13-10-16(12-18(3,4)11-13)19-14(2)15-6-8-17(20-5)9-7-15/h6-9,13-14,16,19H,10-12H2,1-5H3. The van der Waals surface area contributed by atoms with E-state index in [9.17, 15) is 0 Å². The zero-order valence-corrected chi connectivity index (χ0v) is 13.6. The highest BCUT2D eigenvalue weighted by Gasteiger charge is 2.32. The van der Waals surface area contributed by atoms with Crippen LogP contribution in [0.4, 0.5) is 0 Å². The van der Waals surface area contributed by atoms with Crippen molar-refractivity contribution in [3.8, 4) is 5.75 Å². The summed E-state index contributed by atoms with van der Waals surface area (Å²) in [5, 5.41) is 3.82. The van der Waals surface area contributed by atoms with Crippen molar-refractivity contribution in [2.45, 2.75) is 59.0 Å². The van der Waals surface area contributed by atoms with Gasteiger partial charge >= 0.3 is 0 Å². The lowest BCUT2D eigenvalue weighted by atomic mass is 9.70. The van der Waals surface area contributed by atoms with Crippen LogP contribution in [0.25, 0.3) is 0 Å². The summed E-state index contributed by atoms with van der Waals surface area (Å²) in [5.41, 5.74) is 1.80. The normalized spacial score (nSPS) is 27.1. The van der Waals surface area contributed by atoms with E-state index in [1.54, 1.807) is 7.11 Å². The second-order valence-corrected chi connectivity index (χ2v) is 7.27. The van der Waals surface area contributed by atoms with E-state index in [4.69, 9.17) is 4.74 Å². The van der Waals surface area contributed by atoms with Crippen molar-refractivity contribution in [1.82, 2.24) is 5.32 Å².